The summed E-state index contributed by atoms with van der Waals surface area (Å²) in [4.78, 5) is 10.6. The third kappa shape index (κ3) is 7.68. The summed E-state index contributed by atoms with van der Waals surface area (Å²) in [5, 5.41) is 2.60. The van der Waals surface area contributed by atoms with Gasteiger partial charge in [0.25, 0.3) is 0 Å². The van der Waals surface area contributed by atoms with Gasteiger partial charge in [-0.25, -0.2) is 4.79 Å². The van der Waals surface area contributed by atoms with Crippen LogP contribution in [0.3, 0.4) is 0 Å². The number of hydrogen-bond acceptors (Lipinski definition) is 3. The fourth-order valence-corrected chi connectivity index (χ4v) is 5.33. The first-order valence-electron chi connectivity index (χ1n) is 6.70. The highest BCUT2D eigenvalue weighted by Crippen LogP contribution is 2.24. The van der Waals surface area contributed by atoms with Crippen molar-refractivity contribution < 1.29 is 13.6 Å². The Morgan fingerprint density at radius 3 is 2.06 bits per heavy atom. The number of nitrogens with two attached hydrogens (primary N) is 1. The molecule has 0 unspecified atom stereocenters. The van der Waals surface area contributed by atoms with Gasteiger partial charge >= 0.3 is 14.6 Å². The first kappa shape index (κ1) is 17.4. The number of hydrogen-bond donors (Lipinski definition) is 2. The molecule has 3 N–H and O–H groups in total. The van der Waals surface area contributed by atoms with Crippen molar-refractivity contribution in [1.82, 2.24) is 5.32 Å². The summed E-state index contributed by atoms with van der Waals surface area (Å²) in [6, 6.07) is 1.31. The molecule has 108 valence electrons. The molecule has 0 aromatic carbocycles. The van der Waals surface area contributed by atoms with Gasteiger partial charge in [0, 0.05) is 18.8 Å². The van der Waals surface area contributed by atoms with Crippen LogP contribution >= 0.6 is 0 Å². The number of primary amides is 1. The molecule has 0 aromatic heterocycles. The molecule has 5 nitrogen and oxygen atoms in total. The minimum Gasteiger partial charge on any atom is -0.392 e. The van der Waals surface area contributed by atoms with Crippen molar-refractivity contribution >= 4 is 14.6 Å². The number of urea groups is 1. The fraction of sp³-hybridized carbons (Fsp3) is 0.917. The summed E-state index contributed by atoms with van der Waals surface area (Å²) in [6.45, 7) is 10.8. The van der Waals surface area contributed by atoms with E-state index in [9.17, 15) is 4.79 Å². The zero-order valence-corrected chi connectivity index (χ0v) is 13.3. The molecule has 0 fully saturated rings. The maximum Gasteiger partial charge on any atom is 0.338 e. The lowest BCUT2D eigenvalue weighted by Crippen LogP contribution is -2.46. The van der Waals surface area contributed by atoms with Crippen LogP contribution in [0, 0.1) is 0 Å². The fourth-order valence-electron chi connectivity index (χ4n) is 1.92. The van der Waals surface area contributed by atoms with E-state index in [2.05, 4.69) is 12.2 Å². The van der Waals surface area contributed by atoms with Gasteiger partial charge in [0.15, 0.2) is 0 Å². The lowest BCUT2D eigenvalue weighted by molar-refractivity contribution is 0.104. The van der Waals surface area contributed by atoms with Crippen LogP contribution in [0.25, 0.3) is 0 Å². The lowest BCUT2D eigenvalue weighted by Gasteiger charge is -2.33. The molecular formula is C12H28N2O3Si. The second-order valence-electron chi connectivity index (χ2n) is 4.99. The van der Waals surface area contributed by atoms with Gasteiger partial charge in [-0.05, 0) is 46.2 Å². The maximum absolute atomic E-state index is 10.6. The second kappa shape index (κ2) is 8.50. The summed E-state index contributed by atoms with van der Waals surface area (Å²) in [7, 11) is -2.16. The molecule has 0 radical (unpaired) electrons. The summed E-state index contributed by atoms with van der Waals surface area (Å²) in [5.74, 6) is 0. The average Bonchev–Trinajstić information content (AvgIpc) is 2.22. The van der Waals surface area contributed by atoms with Crippen LogP contribution in [0.15, 0.2) is 0 Å². The normalized spacial score (nSPS) is 12.2. The topological polar surface area (TPSA) is 73.6 Å². The van der Waals surface area contributed by atoms with E-state index in [0.29, 0.717) is 6.54 Å². The smallest absolute Gasteiger partial charge is 0.338 e. The Kier molecular flexibility index (Phi) is 8.22. The Bertz CT molecular complexity index is 237. The number of carbonyl (C=O) groups excluding carboxylic acids is 1. The highest BCUT2D eigenvalue weighted by molar-refractivity contribution is 6.67. The van der Waals surface area contributed by atoms with Crippen molar-refractivity contribution in [3.8, 4) is 0 Å². The maximum atomic E-state index is 10.6. The molecule has 6 heteroatoms. The van der Waals surface area contributed by atoms with Crippen molar-refractivity contribution in [3.63, 3.8) is 0 Å². The molecule has 0 atom stereocenters. The van der Waals surface area contributed by atoms with Gasteiger partial charge in [-0.1, -0.05) is 6.92 Å². The molecule has 0 heterocycles. The third-order valence-corrected chi connectivity index (χ3v) is 6.47. The molecule has 0 rings (SSSR count). The quantitative estimate of drug-likeness (QED) is 0.501. The van der Waals surface area contributed by atoms with Gasteiger partial charge < -0.3 is 19.9 Å². The van der Waals surface area contributed by atoms with E-state index in [1.165, 1.54) is 0 Å². The van der Waals surface area contributed by atoms with Crippen molar-refractivity contribution in [2.75, 3.05) is 6.54 Å². The summed E-state index contributed by atoms with van der Waals surface area (Å²) >= 11 is 0. The monoisotopic (exact) mass is 276 g/mol. The SMILES string of the molecule is CC[Si](CCCNC(N)=O)(OC(C)C)OC(C)C. The number of rotatable bonds is 9. The second-order valence-corrected chi connectivity index (χ2v) is 8.49. The summed E-state index contributed by atoms with van der Waals surface area (Å²) < 4.78 is 12.2. The predicted molar refractivity (Wildman–Crippen MR) is 75.7 cm³/mol. The van der Waals surface area contributed by atoms with Crippen LogP contribution < -0.4 is 11.1 Å². The first-order valence-corrected chi connectivity index (χ1v) is 8.93. The van der Waals surface area contributed by atoms with Crippen molar-refractivity contribution in [3.05, 3.63) is 0 Å². The zero-order valence-electron chi connectivity index (χ0n) is 12.3. The molecule has 0 spiro atoms. The highest BCUT2D eigenvalue weighted by atomic mass is 28.4. The number of carbonyl (C=O) groups is 1. The average molecular weight is 276 g/mol. The summed E-state index contributed by atoms with van der Waals surface area (Å²) in [6.07, 6.45) is 1.17. The highest BCUT2D eigenvalue weighted by Gasteiger charge is 2.37. The lowest BCUT2D eigenvalue weighted by atomic mass is 10.5. The van der Waals surface area contributed by atoms with Gasteiger partial charge in [0.2, 0.25) is 0 Å². The molecule has 0 saturated heterocycles. The Balaban J connectivity index is 4.38. The van der Waals surface area contributed by atoms with E-state index in [1.54, 1.807) is 0 Å². The predicted octanol–water partition coefficient (Wildman–Crippen LogP) is 2.36. The Morgan fingerprint density at radius 2 is 1.72 bits per heavy atom. The van der Waals surface area contributed by atoms with Gasteiger partial charge in [0.1, 0.15) is 0 Å². The number of amides is 2. The van der Waals surface area contributed by atoms with Crippen LogP contribution in [0.2, 0.25) is 12.1 Å². The van der Waals surface area contributed by atoms with Gasteiger partial charge in [0.05, 0.1) is 0 Å². The van der Waals surface area contributed by atoms with E-state index in [-0.39, 0.29) is 12.2 Å². The van der Waals surface area contributed by atoms with Gasteiger partial charge in [-0.3, -0.25) is 0 Å². The van der Waals surface area contributed by atoms with E-state index in [0.717, 1.165) is 18.5 Å². The van der Waals surface area contributed by atoms with E-state index < -0.39 is 14.6 Å². The molecule has 18 heavy (non-hydrogen) atoms. The Hall–Kier alpha value is -0.593. The molecule has 0 bridgehead atoms. The minimum atomic E-state index is -2.16. The van der Waals surface area contributed by atoms with Crippen LogP contribution in [-0.4, -0.2) is 33.3 Å². The van der Waals surface area contributed by atoms with E-state index in [4.69, 9.17) is 14.6 Å². The third-order valence-electron chi connectivity index (χ3n) is 2.47. The van der Waals surface area contributed by atoms with Crippen molar-refractivity contribution in [2.45, 2.75) is 65.3 Å². The largest absolute Gasteiger partial charge is 0.392 e. The molecule has 2 amide bonds. The minimum absolute atomic E-state index is 0.166. The van der Waals surface area contributed by atoms with Crippen molar-refractivity contribution in [2.24, 2.45) is 5.73 Å². The van der Waals surface area contributed by atoms with Gasteiger partial charge in [-0.2, -0.15) is 0 Å². The molecular weight excluding hydrogens is 248 g/mol. The first-order chi connectivity index (χ1) is 8.31. The Morgan fingerprint density at radius 1 is 1.22 bits per heavy atom. The van der Waals surface area contributed by atoms with Crippen LogP contribution in [-0.2, 0) is 8.85 Å². The molecule has 0 saturated carbocycles. The van der Waals surface area contributed by atoms with Crippen LogP contribution in [0.5, 0.6) is 0 Å². The van der Waals surface area contributed by atoms with E-state index in [1.807, 2.05) is 27.7 Å². The molecule has 0 aliphatic carbocycles. The van der Waals surface area contributed by atoms with E-state index >= 15 is 0 Å². The Labute approximate surface area is 112 Å². The van der Waals surface area contributed by atoms with Crippen molar-refractivity contribution in [1.29, 1.82) is 0 Å². The summed E-state index contributed by atoms with van der Waals surface area (Å²) in [5.41, 5.74) is 5.04. The standard InChI is InChI=1S/C12H28N2O3Si/c1-6-18(16-10(2)3,17-11(4)5)9-7-8-14-12(13)15/h10-11H,6-9H2,1-5H3,(H3,13,14,15). The molecule has 0 aliphatic rings. The van der Waals surface area contributed by atoms with Crippen LogP contribution in [0.4, 0.5) is 4.79 Å². The molecule has 0 aromatic rings. The van der Waals surface area contributed by atoms with Gasteiger partial charge in [-0.15, -0.1) is 0 Å². The number of nitrogens with one attached hydrogen (secondary N) is 1. The molecule has 0 aliphatic heterocycles. The zero-order chi connectivity index (χ0) is 14.2. The van der Waals surface area contributed by atoms with Crippen LogP contribution in [0.1, 0.15) is 41.0 Å².